The van der Waals surface area contributed by atoms with E-state index in [-0.39, 0.29) is 5.57 Å². The summed E-state index contributed by atoms with van der Waals surface area (Å²) >= 11 is 0. The van der Waals surface area contributed by atoms with Crippen molar-refractivity contribution in [2.24, 2.45) is 11.8 Å². The fourth-order valence-corrected chi connectivity index (χ4v) is 3.56. The highest BCUT2D eigenvalue weighted by molar-refractivity contribution is 6.21. The van der Waals surface area contributed by atoms with E-state index in [9.17, 15) is 38.5 Å². The molecule has 0 heterocycles. The van der Waals surface area contributed by atoms with E-state index in [0.717, 1.165) is 6.92 Å². The second kappa shape index (κ2) is 6.20. The van der Waals surface area contributed by atoms with Crippen molar-refractivity contribution in [1.82, 2.24) is 0 Å². The Morgan fingerprint density at radius 1 is 0.714 bits per heavy atom. The summed E-state index contributed by atoms with van der Waals surface area (Å²) in [4.78, 5) is 26.1. The van der Waals surface area contributed by atoms with Crippen LogP contribution in [0.5, 0.6) is 0 Å². The van der Waals surface area contributed by atoms with E-state index in [1.807, 2.05) is 0 Å². The third kappa shape index (κ3) is 2.05. The van der Waals surface area contributed by atoms with Crippen molar-refractivity contribution in [1.29, 1.82) is 21.0 Å². The number of carbonyl (C=O) groups is 2. The molecule has 0 aliphatic heterocycles. The molecule has 0 saturated carbocycles. The standard InChI is InChI=1S/C19H5F3N4O2/c1-6-7(2-23)11-12(8(3-24)15(6)20)19(28)14-10(5-26)17(22)16(21)9(4-25)13(14)18(11)27/h11-12H,1H3. The molecule has 2 unspecified atom stereocenters. The first kappa shape index (κ1) is 18.6. The summed E-state index contributed by atoms with van der Waals surface area (Å²) in [7, 11) is 0. The van der Waals surface area contributed by atoms with Gasteiger partial charge in [0.05, 0.1) is 40.7 Å². The van der Waals surface area contributed by atoms with Crippen molar-refractivity contribution in [2.75, 3.05) is 0 Å². The second-order valence-electron chi connectivity index (χ2n) is 6.03. The van der Waals surface area contributed by atoms with Gasteiger partial charge in [0.1, 0.15) is 29.1 Å². The number of Topliss-reactive ketones (excluding diaryl/α,β-unsaturated/α-hetero) is 2. The highest BCUT2D eigenvalue weighted by Crippen LogP contribution is 2.47. The minimum atomic E-state index is -1.81. The molecule has 0 radical (unpaired) electrons. The molecule has 28 heavy (non-hydrogen) atoms. The maximum absolute atomic E-state index is 14.5. The number of carbonyl (C=O) groups excluding carboxylic acids is 2. The molecule has 0 fully saturated rings. The van der Waals surface area contributed by atoms with Gasteiger partial charge in [-0.2, -0.15) is 21.0 Å². The maximum Gasteiger partial charge on any atom is 0.178 e. The smallest absolute Gasteiger partial charge is 0.178 e. The van der Waals surface area contributed by atoms with Gasteiger partial charge < -0.3 is 0 Å². The molecule has 0 saturated heterocycles. The summed E-state index contributed by atoms with van der Waals surface area (Å²) < 4.78 is 42.9. The minimum Gasteiger partial charge on any atom is -0.293 e. The van der Waals surface area contributed by atoms with Crippen molar-refractivity contribution >= 4 is 11.6 Å². The Bertz CT molecular complexity index is 1150. The van der Waals surface area contributed by atoms with Crippen LogP contribution in [0.1, 0.15) is 38.8 Å². The fourth-order valence-electron chi connectivity index (χ4n) is 3.56. The SMILES string of the molecule is CC1=C(C#N)C2C(=O)c3c(C#N)c(F)c(F)c(C#N)c3C(=O)C2C(C#N)=C1F. The zero-order valence-corrected chi connectivity index (χ0v) is 13.9. The minimum absolute atomic E-state index is 0.341. The quantitative estimate of drug-likeness (QED) is 0.682. The highest BCUT2D eigenvalue weighted by Gasteiger charge is 2.52. The van der Waals surface area contributed by atoms with Crippen LogP contribution in [-0.4, -0.2) is 11.6 Å². The number of hydrogen-bond acceptors (Lipinski definition) is 6. The molecule has 0 amide bonds. The molecule has 2 aliphatic rings. The van der Waals surface area contributed by atoms with Crippen molar-refractivity contribution in [2.45, 2.75) is 6.92 Å². The average molecular weight is 378 g/mol. The lowest BCUT2D eigenvalue weighted by molar-refractivity contribution is 0.0786. The van der Waals surface area contributed by atoms with E-state index in [0.29, 0.717) is 0 Å². The summed E-state index contributed by atoms with van der Waals surface area (Å²) in [5, 5.41) is 37.0. The first-order chi connectivity index (χ1) is 13.3. The first-order valence-electron chi connectivity index (χ1n) is 7.61. The van der Waals surface area contributed by atoms with E-state index in [1.165, 1.54) is 18.2 Å². The van der Waals surface area contributed by atoms with E-state index in [1.54, 1.807) is 6.07 Å². The topological polar surface area (TPSA) is 129 Å². The van der Waals surface area contributed by atoms with Crippen LogP contribution in [-0.2, 0) is 0 Å². The zero-order valence-electron chi connectivity index (χ0n) is 13.9. The Kier molecular flexibility index (Phi) is 4.11. The Morgan fingerprint density at radius 3 is 1.46 bits per heavy atom. The first-order valence-corrected chi connectivity index (χ1v) is 7.61. The molecular weight excluding hydrogens is 373 g/mol. The number of allylic oxidation sites excluding steroid dienone is 4. The van der Waals surface area contributed by atoms with Gasteiger partial charge in [-0.15, -0.1) is 0 Å². The number of hydrogen-bond donors (Lipinski definition) is 0. The Labute approximate surface area is 155 Å². The van der Waals surface area contributed by atoms with E-state index in [4.69, 9.17) is 5.26 Å². The number of fused-ring (bicyclic) bond motifs is 2. The molecule has 0 bridgehead atoms. The van der Waals surface area contributed by atoms with Crippen molar-refractivity contribution in [3.63, 3.8) is 0 Å². The molecule has 0 spiro atoms. The van der Waals surface area contributed by atoms with Gasteiger partial charge in [-0.1, -0.05) is 0 Å². The van der Waals surface area contributed by atoms with Gasteiger partial charge in [-0.3, -0.25) is 9.59 Å². The molecule has 134 valence electrons. The van der Waals surface area contributed by atoms with E-state index < -0.39 is 74.3 Å². The monoisotopic (exact) mass is 378 g/mol. The third-order valence-corrected chi connectivity index (χ3v) is 4.83. The summed E-state index contributed by atoms with van der Waals surface area (Å²) in [5.41, 5.74) is -5.50. The third-order valence-electron chi connectivity index (χ3n) is 4.83. The van der Waals surface area contributed by atoms with Crippen LogP contribution in [0.25, 0.3) is 0 Å². The molecular formula is C19H5F3N4O2. The maximum atomic E-state index is 14.5. The summed E-state index contributed by atoms with van der Waals surface area (Å²) in [6.45, 7) is 1.13. The number of nitrogens with zero attached hydrogens (tertiary/aromatic N) is 4. The highest BCUT2D eigenvalue weighted by atomic mass is 19.2. The van der Waals surface area contributed by atoms with Crippen LogP contribution in [0.3, 0.4) is 0 Å². The van der Waals surface area contributed by atoms with E-state index >= 15 is 0 Å². The Morgan fingerprint density at radius 2 is 1.11 bits per heavy atom. The van der Waals surface area contributed by atoms with Gasteiger partial charge in [0.2, 0.25) is 0 Å². The van der Waals surface area contributed by atoms with Crippen LogP contribution in [0.4, 0.5) is 13.2 Å². The normalized spacial score (nSPS) is 20.6. The molecule has 2 atom stereocenters. The summed E-state index contributed by atoms with van der Waals surface area (Å²) in [6, 6.07) is 5.65. The van der Waals surface area contributed by atoms with Gasteiger partial charge in [0.25, 0.3) is 0 Å². The Balaban J connectivity index is 2.53. The largest absolute Gasteiger partial charge is 0.293 e. The predicted octanol–water partition coefficient (Wildman–Crippen LogP) is 2.92. The van der Waals surface area contributed by atoms with Gasteiger partial charge >= 0.3 is 0 Å². The van der Waals surface area contributed by atoms with Crippen LogP contribution in [0.15, 0.2) is 22.5 Å². The number of nitriles is 4. The van der Waals surface area contributed by atoms with Crippen molar-refractivity contribution < 1.29 is 22.8 Å². The molecule has 0 aromatic heterocycles. The molecule has 2 aliphatic carbocycles. The molecule has 1 aromatic rings. The van der Waals surface area contributed by atoms with Crippen LogP contribution in [0, 0.1) is 68.8 Å². The molecule has 0 N–H and O–H groups in total. The fraction of sp³-hybridized carbons (Fsp3) is 0.158. The summed E-state index contributed by atoms with van der Waals surface area (Å²) in [5.74, 6) is -10.6. The Hall–Kier alpha value is -4.21. The molecule has 1 aromatic carbocycles. The predicted molar refractivity (Wildman–Crippen MR) is 83.5 cm³/mol. The van der Waals surface area contributed by atoms with Crippen molar-refractivity contribution in [3.05, 3.63) is 56.4 Å². The second-order valence-corrected chi connectivity index (χ2v) is 6.03. The summed E-state index contributed by atoms with van der Waals surface area (Å²) in [6.07, 6.45) is 0. The number of rotatable bonds is 0. The van der Waals surface area contributed by atoms with Gasteiger partial charge in [-0.25, -0.2) is 13.2 Å². The molecule has 3 rings (SSSR count). The van der Waals surface area contributed by atoms with Crippen LogP contribution >= 0.6 is 0 Å². The number of halogens is 3. The lowest BCUT2D eigenvalue weighted by Gasteiger charge is -2.34. The zero-order chi connectivity index (χ0) is 20.9. The van der Waals surface area contributed by atoms with Crippen LogP contribution < -0.4 is 0 Å². The molecule has 9 heteroatoms. The van der Waals surface area contributed by atoms with Gasteiger partial charge in [0.15, 0.2) is 23.2 Å². The lowest BCUT2D eigenvalue weighted by atomic mass is 9.63. The van der Waals surface area contributed by atoms with Crippen LogP contribution in [0.2, 0.25) is 0 Å². The molecule has 6 nitrogen and oxygen atoms in total. The van der Waals surface area contributed by atoms with Gasteiger partial charge in [-0.05, 0) is 6.92 Å². The average Bonchev–Trinajstić information content (AvgIpc) is 2.68. The van der Waals surface area contributed by atoms with E-state index in [2.05, 4.69) is 0 Å². The lowest BCUT2D eigenvalue weighted by Crippen LogP contribution is -2.42. The number of benzene rings is 1. The number of ketones is 2. The van der Waals surface area contributed by atoms with Crippen molar-refractivity contribution in [3.8, 4) is 24.3 Å². The van der Waals surface area contributed by atoms with Gasteiger partial charge in [0, 0.05) is 11.1 Å².